The number of hydrogen-bond acceptors (Lipinski definition) is 0. The van der Waals surface area contributed by atoms with Crippen molar-refractivity contribution in [1.29, 1.82) is 0 Å². The van der Waals surface area contributed by atoms with Crippen LogP contribution < -0.4 is 0 Å². The minimum Gasteiger partial charge on any atom is -0.0880 e. The van der Waals surface area contributed by atoms with E-state index in [4.69, 9.17) is 23.2 Å². The molecule has 0 amide bonds. The number of alkyl halides is 1. The van der Waals surface area contributed by atoms with Crippen LogP contribution in [-0.2, 0) is 0 Å². The Morgan fingerprint density at radius 3 is 2.27 bits per heavy atom. The first-order valence-electron chi connectivity index (χ1n) is 4.76. The van der Waals surface area contributed by atoms with Gasteiger partial charge in [0.05, 0.1) is 0 Å². The van der Waals surface area contributed by atoms with Crippen molar-refractivity contribution in [3.05, 3.63) is 39.4 Å². The summed E-state index contributed by atoms with van der Waals surface area (Å²) in [6, 6.07) is 5.56. The molecular weight excluding hydrogens is 295 g/mol. The highest BCUT2D eigenvalue weighted by Gasteiger charge is 2.06. The standard InChI is InChI=1S/C12H13BrCl2/c1-8(2)9(7-13)6-10-11(14)4-3-5-12(10)15/h3-6,8H,7H2,1-2H3. The van der Waals surface area contributed by atoms with E-state index in [2.05, 4.69) is 35.9 Å². The van der Waals surface area contributed by atoms with Gasteiger partial charge in [0.25, 0.3) is 0 Å². The summed E-state index contributed by atoms with van der Waals surface area (Å²) in [6.07, 6.45) is 2.06. The van der Waals surface area contributed by atoms with Crippen LogP contribution in [0.15, 0.2) is 23.8 Å². The molecule has 0 saturated carbocycles. The Kier molecular flexibility index (Phi) is 5.17. The van der Waals surface area contributed by atoms with Crippen LogP contribution in [0, 0.1) is 5.92 Å². The Labute approximate surface area is 109 Å². The van der Waals surface area contributed by atoms with Crippen LogP contribution in [-0.4, -0.2) is 5.33 Å². The highest BCUT2D eigenvalue weighted by Crippen LogP contribution is 2.28. The fourth-order valence-corrected chi connectivity index (χ4v) is 2.51. The second kappa shape index (κ2) is 5.93. The summed E-state index contributed by atoms with van der Waals surface area (Å²) >= 11 is 15.7. The summed E-state index contributed by atoms with van der Waals surface area (Å²) in [5.74, 6) is 0.483. The van der Waals surface area contributed by atoms with Crippen molar-refractivity contribution in [2.45, 2.75) is 13.8 Å². The molecule has 0 nitrogen and oxygen atoms in total. The van der Waals surface area contributed by atoms with Gasteiger partial charge in [0.1, 0.15) is 0 Å². The van der Waals surface area contributed by atoms with E-state index >= 15 is 0 Å². The fourth-order valence-electron chi connectivity index (χ4n) is 1.19. The molecule has 0 radical (unpaired) electrons. The van der Waals surface area contributed by atoms with Crippen LogP contribution in [0.3, 0.4) is 0 Å². The molecule has 0 saturated heterocycles. The van der Waals surface area contributed by atoms with E-state index in [1.54, 1.807) is 0 Å². The zero-order valence-electron chi connectivity index (χ0n) is 8.73. The minimum atomic E-state index is 0.483. The highest BCUT2D eigenvalue weighted by atomic mass is 79.9. The molecule has 0 heterocycles. The number of hydrogen-bond donors (Lipinski definition) is 0. The Morgan fingerprint density at radius 2 is 1.87 bits per heavy atom. The Morgan fingerprint density at radius 1 is 1.33 bits per heavy atom. The van der Waals surface area contributed by atoms with Gasteiger partial charge in [-0.15, -0.1) is 0 Å². The normalized spacial score (nSPS) is 12.3. The summed E-state index contributed by atoms with van der Waals surface area (Å²) in [5, 5.41) is 2.23. The van der Waals surface area contributed by atoms with Gasteiger partial charge in [0, 0.05) is 20.9 Å². The summed E-state index contributed by atoms with van der Waals surface area (Å²) in [7, 11) is 0. The van der Waals surface area contributed by atoms with Crippen LogP contribution in [0.2, 0.25) is 10.0 Å². The molecule has 15 heavy (non-hydrogen) atoms. The van der Waals surface area contributed by atoms with E-state index in [1.807, 2.05) is 18.2 Å². The topological polar surface area (TPSA) is 0 Å². The SMILES string of the molecule is CC(C)C(=Cc1c(Cl)cccc1Cl)CBr. The molecule has 0 aliphatic rings. The van der Waals surface area contributed by atoms with E-state index in [1.165, 1.54) is 5.57 Å². The van der Waals surface area contributed by atoms with E-state index in [9.17, 15) is 0 Å². The molecule has 82 valence electrons. The summed E-state index contributed by atoms with van der Waals surface area (Å²) in [5.41, 5.74) is 2.19. The van der Waals surface area contributed by atoms with Gasteiger partial charge in [-0.2, -0.15) is 0 Å². The third-order valence-electron chi connectivity index (χ3n) is 2.23. The molecular formula is C12H13BrCl2. The van der Waals surface area contributed by atoms with Crippen molar-refractivity contribution in [3.8, 4) is 0 Å². The van der Waals surface area contributed by atoms with Crippen LogP contribution >= 0.6 is 39.1 Å². The first kappa shape index (κ1) is 13.1. The van der Waals surface area contributed by atoms with Crippen molar-refractivity contribution in [3.63, 3.8) is 0 Å². The highest BCUT2D eigenvalue weighted by molar-refractivity contribution is 9.09. The van der Waals surface area contributed by atoms with Gasteiger partial charge in [-0.1, -0.05) is 70.7 Å². The quantitative estimate of drug-likeness (QED) is 0.653. The Balaban J connectivity index is 3.16. The molecule has 0 aliphatic heterocycles. The van der Waals surface area contributed by atoms with Gasteiger partial charge in [-0.25, -0.2) is 0 Å². The fraction of sp³-hybridized carbons (Fsp3) is 0.333. The number of rotatable bonds is 3. The average molecular weight is 308 g/mol. The van der Waals surface area contributed by atoms with Crippen molar-refractivity contribution < 1.29 is 0 Å². The van der Waals surface area contributed by atoms with E-state index in [-0.39, 0.29) is 0 Å². The van der Waals surface area contributed by atoms with Crippen molar-refractivity contribution in [2.75, 3.05) is 5.33 Å². The van der Waals surface area contributed by atoms with E-state index in [0.29, 0.717) is 16.0 Å². The lowest BCUT2D eigenvalue weighted by atomic mass is 10.0. The average Bonchev–Trinajstić information content (AvgIpc) is 2.17. The van der Waals surface area contributed by atoms with Gasteiger partial charge < -0.3 is 0 Å². The van der Waals surface area contributed by atoms with Crippen LogP contribution in [0.5, 0.6) is 0 Å². The molecule has 1 aromatic rings. The zero-order valence-corrected chi connectivity index (χ0v) is 11.8. The molecule has 0 unspecified atom stereocenters. The number of benzene rings is 1. The van der Waals surface area contributed by atoms with E-state index < -0.39 is 0 Å². The van der Waals surface area contributed by atoms with Gasteiger partial charge in [-0.05, 0) is 18.1 Å². The summed E-state index contributed by atoms with van der Waals surface area (Å²) in [4.78, 5) is 0. The lowest BCUT2D eigenvalue weighted by Gasteiger charge is -2.09. The van der Waals surface area contributed by atoms with Crippen molar-refractivity contribution >= 4 is 45.2 Å². The smallest absolute Gasteiger partial charge is 0.0493 e. The van der Waals surface area contributed by atoms with Crippen molar-refractivity contribution in [2.24, 2.45) is 5.92 Å². The second-order valence-corrected chi connectivity index (χ2v) is 5.02. The molecule has 0 fully saturated rings. The van der Waals surface area contributed by atoms with Gasteiger partial charge in [-0.3, -0.25) is 0 Å². The maximum atomic E-state index is 6.09. The molecule has 1 rings (SSSR count). The molecule has 1 aromatic carbocycles. The number of allylic oxidation sites excluding steroid dienone is 1. The van der Waals surface area contributed by atoms with Gasteiger partial charge in [0.15, 0.2) is 0 Å². The van der Waals surface area contributed by atoms with E-state index in [0.717, 1.165) is 10.9 Å². The minimum absolute atomic E-state index is 0.483. The van der Waals surface area contributed by atoms with Crippen molar-refractivity contribution in [1.82, 2.24) is 0 Å². The van der Waals surface area contributed by atoms with Crippen LogP contribution in [0.1, 0.15) is 19.4 Å². The van der Waals surface area contributed by atoms with Crippen LogP contribution in [0.25, 0.3) is 6.08 Å². The lowest BCUT2D eigenvalue weighted by Crippen LogP contribution is -1.95. The molecule has 3 heteroatoms. The maximum absolute atomic E-state index is 6.09. The zero-order chi connectivity index (χ0) is 11.4. The second-order valence-electron chi connectivity index (χ2n) is 3.64. The molecule has 0 aliphatic carbocycles. The third kappa shape index (κ3) is 3.51. The third-order valence-corrected chi connectivity index (χ3v) is 3.53. The van der Waals surface area contributed by atoms with Crippen LogP contribution in [0.4, 0.5) is 0 Å². The predicted molar refractivity (Wildman–Crippen MR) is 73.1 cm³/mol. The lowest BCUT2D eigenvalue weighted by molar-refractivity contribution is 0.781. The molecule has 0 aromatic heterocycles. The predicted octanol–water partition coefficient (Wildman–Crippen LogP) is 5.43. The summed E-state index contributed by atoms with van der Waals surface area (Å²) < 4.78 is 0. The largest absolute Gasteiger partial charge is 0.0880 e. The molecule has 0 atom stereocenters. The maximum Gasteiger partial charge on any atom is 0.0493 e. The Hall–Kier alpha value is 0.0200. The molecule has 0 spiro atoms. The van der Waals surface area contributed by atoms with Gasteiger partial charge in [0.2, 0.25) is 0 Å². The molecule has 0 N–H and O–H groups in total. The Bertz CT molecular complexity index is 350. The monoisotopic (exact) mass is 306 g/mol. The van der Waals surface area contributed by atoms with Gasteiger partial charge >= 0.3 is 0 Å². The number of halogens is 3. The first-order chi connectivity index (χ1) is 7.06. The summed E-state index contributed by atoms with van der Waals surface area (Å²) in [6.45, 7) is 4.30. The molecule has 0 bridgehead atoms. The first-order valence-corrected chi connectivity index (χ1v) is 6.64.